The monoisotopic (exact) mass is 196 g/mol. The molecule has 80 valence electrons. The number of rotatable bonds is 3. The number of carbonyl (C=O) groups excluding carboxylic acids is 1. The molecule has 2 rings (SSSR count). The Morgan fingerprint density at radius 1 is 1.43 bits per heavy atom. The van der Waals surface area contributed by atoms with Crippen LogP contribution in [0.2, 0.25) is 0 Å². The fraction of sp³-hybridized carbons (Fsp3) is 0.909. The van der Waals surface area contributed by atoms with Crippen LogP contribution in [0.15, 0.2) is 0 Å². The zero-order valence-electron chi connectivity index (χ0n) is 9.20. The van der Waals surface area contributed by atoms with Crippen LogP contribution in [0.5, 0.6) is 0 Å². The Kier molecular flexibility index (Phi) is 2.77. The van der Waals surface area contributed by atoms with Gasteiger partial charge in [0.15, 0.2) is 0 Å². The molecule has 0 aromatic rings. The average molecular weight is 196 g/mol. The van der Waals surface area contributed by atoms with Crippen LogP contribution in [-0.2, 0) is 4.79 Å². The molecule has 1 aliphatic heterocycles. The summed E-state index contributed by atoms with van der Waals surface area (Å²) in [5, 5.41) is 0. The lowest BCUT2D eigenvalue weighted by molar-refractivity contribution is -0.131. The second-order valence-electron chi connectivity index (χ2n) is 4.91. The Morgan fingerprint density at radius 3 is 2.64 bits per heavy atom. The first-order chi connectivity index (χ1) is 6.66. The van der Waals surface area contributed by atoms with Gasteiger partial charge in [0.1, 0.15) is 0 Å². The Balaban J connectivity index is 1.76. The lowest BCUT2D eigenvalue weighted by Crippen LogP contribution is -2.33. The highest BCUT2D eigenvalue weighted by Gasteiger charge is 2.33. The van der Waals surface area contributed by atoms with Gasteiger partial charge in [-0.15, -0.1) is 0 Å². The predicted molar refractivity (Wildman–Crippen MR) is 56.0 cm³/mol. The zero-order chi connectivity index (χ0) is 10.1. The van der Waals surface area contributed by atoms with E-state index in [1.54, 1.807) is 0 Å². The van der Waals surface area contributed by atoms with Crippen molar-refractivity contribution in [2.45, 2.75) is 19.3 Å². The molecule has 1 atom stereocenters. The minimum Gasteiger partial charge on any atom is -0.345 e. The molecule has 0 bridgehead atoms. The van der Waals surface area contributed by atoms with Gasteiger partial charge in [0.05, 0.1) is 0 Å². The molecule has 3 nitrogen and oxygen atoms in total. The SMILES string of the molecule is CN1CCC(CN(C)C(=O)C2CC2)C1. The first kappa shape index (κ1) is 9.97. The first-order valence-electron chi connectivity index (χ1n) is 5.60. The summed E-state index contributed by atoms with van der Waals surface area (Å²) in [7, 11) is 4.11. The molecule has 1 unspecified atom stereocenters. The third-order valence-electron chi connectivity index (χ3n) is 3.32. The van der Waals surface area contributed by atoms with Crippen LogP contribution in [0.1, 0.15) is 19.3 Å². The fourth-order valence-electron chi connectivity index (χ4n) is 2.29. The second kappa shape index (κ2) is 3.89. The lowest BCUT2D eigenvalue weighted by Gasteiger charge is -2.21. The minimum absolute atomic E-state index is 0.374. The summed E-state index contributed by atoms with van der Waals surface area (Å²) in [4.78, 5) is 16.0. The number of hydrogen-bond donors (Lipinski definition) is 0. The summed E-state index contributed by atoms with van der Waals surface area (Å²) >= 11 is 0. The summed E-state index contributed by atoms with van der Waals surface area (Å²) < 4.78 is 0. The maximum Gasteiger partial charge on any atom is 0.225 e. The van der Waals surface area contributed by atoms with Crippen LogP contribution in [-0.4, -0.2) is 49.4 Å². The highest BCUT2D eigenvalue weighted by Crippen LogP contribution is 2.31. The van der Waals surface area contributed by atoms with Crippen molar-refractivity contribution in [3.8, 4) is 0 Å². The summed E-state index contributed by atoms with van der Waals surface area (Å²) in [6.45, 7) is 3.30. The van der Waals surface area contributed by atoms with Crippen LogP contribution in [0.4, 0.5) is 0 Å². The third kappa shape index (κ3) is 2.27. The van der Waals surface area contributed by atoms with E-state index in [1.165, 1.54) is 13.0 Å². The molecule has 0 spiro atoms. The molecule has 2 aliphatic rings. The van der Waals surface area contributed by atoms with Crippen molar-refractivity contribution in [1.82, 2.24) is 9.80 Å². The molecule has 14 heavy (non-hydrogen) atoms. The fourth-order valence-corrected chi connectivity index (χ4v) is 2.29. The summed E-state index contributed by atoms with van der Waals surface area (Å²) in [6, 6.07) is 0. The van der Waals surface area contributed by atoms with Crippen molar-refractivity contribution in [1.29, 1.82) is 0 Å². The van der Waals surface area contributed by atoms with E-state index in [0.29, 0.717) is 17.7 Å². The topological polar surface area (TPSA) is 23.6 Å². The van der Waals surface area contributed by atoms with E-state index in [9.17, 15) is 4.79 Å². The third-order valence-corrected chi connectivity index (χ3v) is 3.32. The zero-order valence-corrected chi connectivity index (χ0v) is 9.20. The van der Waals surface area contributed by atoms with E-state index in [-0.39, 0.29) is 0 Å². The first-order valence-corrected chi connectivity index (χ1v) is 5.60. The average Bonchev–Trinajstić information content (AvgIpc) is 2.91. The number of amides is 1. The number of hydrogen-bond acceptors (Lipinski definition) is 2. The van der Waals surface area contributed by atoms with Crippen molar-refractivity contribution in [2.75, 3.05) is 33.7 Å². The molecule has 1 saturated heterocycles. The summed E-state index contributed by atoms with van der Waals surface area (Å²) in [5.74, 6) is 1.45. The Morgan fingerprint density at radius 2 is 2.14 bits per heavy atom. The second-order valence-corrected chi connectivity index (χ2v) is 4.91. The summed E-state index contributed by atoms with van der Waals surface area (Å²) in [6.07, 6.45) is 3.49. The van der Waals surface area contributed by atoms with Gasteiger partial charge in [-0.1, -0.05) is 0 Å². The molecule has 1 amide bonds. The number of likely N-dealkylation sites (tertiary alicyclic amines) is 1. The quantitative estimate of drug-likeness (QED) is 0.667. The molecular formula is C11H20N2O. The summed E-state index contributed by atoms with van der Waals surface area (Å²) in [5.41, 5.74) is 0. The van der Waals surface area contributed by atoms with E-state index in [0.717, 1.165) is 25.9 Å². The highest BCUT2D eigenvalue weighted by atomic mass is 16.2. The molecule has 1 aliphatic carbocycles. The maximum absolute atomic E-state index is 11.7. The Hall–Kier alpha value is -0.570. The van der Waals surface area contributed by atoms with E-state index < -0.39 is 0 Å². The van der Waals surface area contributed by atoms with Gasteiger partial charge in [-0.2, -0.15) is 0 Å². The van der Waals surface area contributed by atoms with Gasteiger partial charge >= 0.3 is 0 Å². The largest absolute Gasteiger partial charge is 0.345 e. The van der Waals surface area contributed by atoms with E-state index >= 15 is 0 Å². The van der Waals surface area contributed by atoms with Gasteiger partial charge in [-0.05, 0) is 38.8 Å². The van der Waals surface area contributed by atoms with Crippen LogP contribution >= 0.6 is 0 Å². The van der Waals surface area contributed by atoms with Crippen molar-refractivity contribution < 1.29 is 4.79 Å². The van der Waals surface area contributed by atoms with Gasteiger partial charge in [-0.3, -0.25) is 4.79 Å². The standard InChI is InChI=1S/C11H20N2O/c1-12-6-5-9(7-12)8-13(2)11(14)10-3-4-10/h9-10H,3-8H2,1-2H3. The molecule has 0 N–H and O–H groups in total. The molecule has 0 aromatic carbocycles. The van der Waals surface area contributed by atoms with Crippen molar-refractivity contribution >= 4 is 5.91 Å². The van der Waals surface area contributed by atoms with Gasteiger partial charge in [0.2, 0.25) is 5.91 Å². The minimum atomic E-state index is 0.374. The molecule has 2 fully saturated rings. The van der Waals surface area contributed by atoms with Gasteiger partial charge in [-0.25, -0.2) is 0 Å². The molecule has 3 heteroatoms. The molecule has 1 heterocycles. The highest BCUT2D eigenvalue weighted by molar-refractivity contribution is 5.80. The molecule has 0 radical (unpaired) electrons. The smallest absolute Gasteiger partial charge is 0.225 e. The van der Waals surface area contributed by atoms with E-state index in [1.807, 2.05) is 11.9 Å². The Labute approximate surface area is 86.1 Å². The molecular weight excluding hydrogens is 176 g/mol. The van der Waals surface area contributed by atoms with Crippen molar-refractivity contribution in [3.63, 3.8) is 0 Å². The van der Waals surface area contributed by atoms with Gasteiger partial charge in [0, 0.05) is 26.1 Å². The van der Waals surface area contributed by atoms with Crippen LogP contribution < -0.4 is 0 Å². The van der Waals surface area contributed by atoms with Crippen LogP contribution in [0.3, 0.4) is 0 Å². The van der Waals surface area contributed by atoms with Crippen molar-refractivity contribution in [2.24, 2.45) is 11.8 Å². The van der Waals surface area contributed by atoms with E-state index in [2.05, 4.69) is 11.9 Å². The lowest BCUT2D eigenvalue weighted by atomic mass is 10.1. The maximum atomic E-state index is 11.7. The predicted octanol–water partition coefficient (Wildman–Crippen LogP) is 0.806. The van der Waals surface area contributed by atoms with Crippen LogP contribution in [0.25, 0.3) is 0 Å². The molecule has 0 aromatic heterocycles. The number of carbonyl (C=O) groups is 1. The van der Waals surface area contributed by atoms with E-state index in [4.69, 9.17) is 0 Å². The Bertz CT molecular complexity index is 225. The molecule has 1 saturated carbocycles. The van der Waals surface area contributed by atoms with Gasteiger partial charge in [0.25, 0.3) is 0 Å². The number of nitrogens with zero attached hydrogens (tertiary/aromatic N) is 2. The van der Waals surface area contributed by atoms with Crippen molar-refractivity contribution in [3.05, 3.63) is 0 Å². The van der Waals surface area contributed by atoms with Crippen LogP contribution in [0, 0.1) is 11.8 Å². The normalized spacial score (nSPS) is 28.0. The van der Waals surface area contributed by atoms with Gasteiger partial charge < -0.3 is 9.80 Å².